The number of carbonyl (C=O) groups excluding carboxylic acids is 3. The lowest BCUT2D eigenvalue weighted by Crippen LogP contribution is -2.50. The summed E-state index contributed by atoms with van der Waals surface area (Å²) in [6.07, 6.45) is -0.497. The molecule has 3 aromatic rings. The van der Waals surface area contributed by atoms with Crippen LogP contribution in [0.5, 0.6) is 0 Å². The molecule has 9 heteroatoms. The zero-order chi connectivity index (χ0) is 29.7. The van der Waals surface area contributed by atoms with Crippen molar-refractivity contribution in [3.63, 3.8) is 0 Å². The maximum Gasteiger partial charge on any atom is 0.409 e. The van der Waals surface area contributed by atoms with Crippen LogP contribution >= 0.6 is 0 Å². The number of hydrogen-bond donors (Lipinski definition) is 4. The Morgan fingerprint density at radius 1 is 0.927 bits per heavy atom. The number of anilines is 1. The molecular formula is C32H38N4O5. The number of aliphatic hydroxyl groups is 1. The van der Waals surface area contributed by atoms with Crippen molar-refractivity contribution in [2.45, 2.75) is 51.9 Å². The van der Waals surface area contributed by atoms with Crippen LogP contribution in [0.4, 0.5) is 10.5 Å². The zero-order valence-corrected chi connectivity index (χ0v) is 23.9. The molecule has 0 heterocycles. The van der Waals surface area contributed by atoms with Crippen LogP contribution in [0.1, 0.15) is 48.9 Å². The molecule has 0 fully saturated rings. The van der Waals surface area contributed by atoms with E-state index in [2.05, 4.69) is 34.9 Å². The van der Waals surface area contributed by atoms with E-state index in [1.807, 2.05) is 38.1 Å². The van der Waals surface area contributed by atoms with E-state index in [9.17, 15) is 19.5 Å². The second kappa shape index (κ2) is 13.0. The molecule has 0 saturated heterocycles. The van der Waals surface area contributed by atoms with Crippen molar-refractivity contribution in [1.82, 2.24) is 10.2 Å². The predicted molar refractivity (Wildman–Crippen MR) is 158 cm³/mol. The van der Waals surface area contributed by atoms with Gasteiger partial charge in [0.25, 0.3) is 0 Å². The third-order valence-electron chi connectivity index (χ3n) is 7.47. The van der Waals surface area contributed by atoms with E-state index in [1.54, 1.807) is 32.2 Å². The zero-order valence-electron chi connectivity index (χ0n) is 23.9. The Morgan fingerprint density at radius 3 is 2.12 bits per heavy atom. The van der Waals surface area contributed by atoms with Crippen molar-refractivity contribution in [2.75, 3.05) is 19.0 Å². The van der Waals surface area contributed by atoms with Crippen LogP contribution in [0.3, 0.4) is 0 Å². The molecule has 3 amide bonds. The molecule has 5 N–H and O–H groups in total. The highest BCUT2D eigenvalue weighted by molar-refractivity contribution is 5.97. The van der Waals surface area contributed by atoms with E-state index in [4.69, 9.17) is 10.5 Å². The standard InChI is InChI=1S/C32H38N4O5/c1-19(2)29(33)31(39)34-20(3)30(38)35-23-14-13-21(17-37)22(15-23)16-36(4)32(40)41-18-28-26-11-7-5-9-24(26)25-10-6-8-12-27(25)28/h5-15,19-20,28-29,37H,16-18,33H2,1-4H3,(H,34,39)(H,35,38)/t20-,29-/m0/s1. The minimum absolute atomic E-state index is 0.0520. The van der Waals surface area contributed by atoms with Gasteiger partial charge in [0.1, 0.15) is 12.6 Å². The molecule has 0 radical (unpaired) electrons. The molecule has 0 unspecified atom stereocenters. The number of ether oxygens (including phenoxy) is 1. The lowest BCUT2D eigenvalue weighted by molar-refractivity contribution is -0.127. The van der Waals surface area contributed by atoms with Crippen molar-refractivity contribution in [3.8, 4) is 11.1 Å². The van der Waals surface area contributed by atoms with E-state index in [1.165, 1.54) is 4.90 Å². The van der Waals surface area contributed by atoms with Crippen LogP contribution in [0.2, 0.25) is 0 Å². The van der Waals surface area contributed by atoms with Crippen molar-refractivity contribution in [3.05, 3.63) is 89.0 Å². The van der Waals surface area contributed by atoms with Crippen LogP contribution < -0.4 is 16.4 Å². The van der Waals surface area contributed by atoms with Gasteiger partial charge in [0.15, 0.2) is 0 Å². The fourth-order valence-electron chi connectivity index (χ4n) is 4.96. The summed E-state index contributed by atoms with van der Waals surface area (Å²) in [5, 5.41) is 15.3. The summed E-state index contributed by atoms with van der Waals surface area (Å²) in [6.45, 7) is 5.36. The molecule has 0 saturated carbocycles. The summed E-state index contributed by atoms with van der Waals surface area (Å²) in [6, 6.07) is 19.8. The molecular weight excluding hydrogens is 520 g/mol. The summed E-state index contributed by atoms with van der Waals surface area (Å²) in [5.74, 6) is -0.929. The van der Waals surface area contributed by atoms with Crippen LogP contribution in [-0.2, 0) is 27.5 Å². The topological polar surface area (TPSA) is 134 Å². The van der Waals surface area contributed by atoms with Gasteiger partial charge in [0, 0.05) is 25.2 Å². The first-order valence-corrected chi connectivity index (χ1v) is 13.8. The number of amides is 3. The van der Waals surface area contributed by atoms with Gasteiger partial charge < -0.3 is 31.1 Å². The lowest BCUT2D eigenvalue weighted by Gasteiger charge is -2.22. The summed E-state index contributed by atoms with van der Waals surface area (Å²) >= 11 is 0. The molecule has 9 nitrogen and oxygen atoms in total. The quantitative estimate of drug-likeness (QED) is 0.297. The minimum atomic E-state index is -0.809. The third-order valence-corrected chi connectivity index (χ3v) is 7.47. The Labute approximate surface area is 240 Å². The normalized spacial score (nSPS) is 13.6. The number of nitrogens with zero attached hydrogens (tertiary/aromatic N) is 1. The number of benzene rings is 3. The monoisotopic (exact) mass is 558 g/mol. The van der Waals surface area contributed by atoms with Gasteiger partial charge in [-0.25, -0.2) is 4.79 Å². The van der Waals surface area contributed by atoms with Gasteiger partial charge in [-0.1, -0.05) is 68.4 Å². The number of nitrogens with two attached hydrogens (primary N) is 1. The molecule has 1 aliphatic carbocycles. The van der Waals surface area contributed by atoms with Crippen molar-refractivity contribution in [2.24, 2.45) is 11.7 Å². The highest BCUT2D eigenvalue weighted by Gasteiger charge is 2.29. The van der Waals surface area contributed by atoms with Crippen LogP contribution in [0, 0.1) is 5.92 Å². The second-order valence-electron chi connectivity index (χ2n) is 10.8. The largest absolute Gasteiger partial charge is 0.448 e. The Kier molecular flexibility index (Phi) is 9.42. The van der Waals surface area contributed by atoms with E-state index >= 15 is 0 Å². The first kappa shape index (κ1) is 29.8. The Balaban J connectivity index is 1.39. The van der Waals surface area contributed by atoms with E-state index in [0.717, 1.165) is 22.3 Å². The summed E-state index contributed by atoms with van der Waals surface area (Å²) in [5.41, 5.74) is 12.2. The molecule has 0 aromatic heterocycles. The number of fused-ring (bicyclic) bond motifs is 3. The SMILES string of the molecule is CC(C)[C@H](N)C(=O)N[C@@H](C)C(=O)Nc1ccc(CO)c(CN(C)C(=O)OCC2c3ccccc3-c3ccccc32)c1. The van der Waals surface area contributed by atoms with Crippen LogP contribution in [-0.4, -0.2) is 53.7 Å². The van der Waals surface area contributed by atoms with Crippen molar-refractivity contribution < 1.29 is 24.2 Å². The number of aliphatic hydroxyl groups excluding tert-OH is 1. The average molecular weight is 559 g/mol. The second-order valence-corrected chi connectivity index (χ2v) is 10.8. The highest BCUT2D eigenvalue weighted by atomic mass is 16.6. The Hall–Kier alpha value is -4.21. The summed E-state index contributed by atoms with van der Waals surface area (Å²) < 4.78 is 5.75. The minimum Gasteiger partial charge on any atom is -0.448 e. The number of nitrogens with one attached hydrogen (secondary N) is 2. The molecule has 41 heavy (non-hydrogen) atoms. The van der Waals surface area contributed by atoms with Gasteiger partial charge >= 0.3 is 6.09 Å². The highest BCUT2D eigenvalue weighted by Crippen LogP contribution is 2.44. The smallest absolute Gasteiger partial charge is 0.409 e. The lowest BCUT2D eigenvalue weighted by atomic mass is 9.98. The fraction of sp³-hybridized carbons (Fsp3) is 0.344. The maximum atomic E-state index is 13.0. The first-order valence-electron chi connectivity index (χ1n) is 13.8. The van der Waals surface area contributed by atoms with Gasteiger partial charge in [-0.2, -0.15) is 0 Å². The number of hydrogen-bond acceptors (Lipinski definition) is 6. The molecule has 1 aliphatic rings. The number of carbonyl (C=O) groups is 3. The van der Waals surface area contributed by atoms with Crippen molar-refractivity contribution >= 4 is 23.6 Å². The molecule has 3 aromatic carbocycles. The average Bonchev–Trinajstić information content (AvgIpc) is 3.29. The molecule has 4 rings (SSSR count). The first-order chi connectivity index (χ1) is 19.6. The third kappa shape index (κ3) is 6.75. The molecule has 216 valence electrons. The summed E-state index contributed by atoms with van der Waals surface area (Å²) in [4.78, 5) is 39.4. The van der Waals surface area contributed by atoms with Gasteiger partial charge in [-0.3, -0.25) is 9.59 Å². The van der Waals surface area contributed by atoms with E-state index in [-0.39, 0.29) is 31.6 Å². The molecule has 0 aliphatic heterocycles. The van der Waals surface area contributed by atoms with E-state index in [0.29, 0.717) is 16.8 Å². The molecule has 0 bridgehead atoms. The van der Waals surface area contributed by atoms with Crippen LogP contribution in [0.15, 0.2) is 66.7 Å². The Bertz CT molecular complexity index is 1380. The van der Waals surface area contributed by atoms with Gasteiger partial charge in [0.2, 0.25) is 11.8 Å². The molecule has 2 atom stereocenters. The maximum absolute atomic E-state index is 13.0. The molecule has 0 spiro atoms. The van der Waals surface area contributed by atoms with Crippen LogP contribution in [0.25, 0.3) is 11.1 Å². The summed E-state index contributed by atoms with van der Waals surface area (Å²) in [7, 11) is 1.63. The van der Waals surface area contributed by atoms with Gasteiger partial charge in [-0.05, 0) is 58.4 Å². The van der Waals surface area contributed by atoms with E-state index < -0.39 is 30.0 Å². The van der Waals surface area contributed by atoms with Crippen molar-refractivity contribution in [1.29, 1.82) is 0 Å². The van der Waals surface area contributed by atoms with Gasteiger partial charge in [0.05, 0.1) is 12.6 Å². The fourth-order valence-corrected chi connectivity index (χ4v) is 4.96. The Morgan fingerprint density at radius 2 is 1.54 bits per heavy atom. The predicted octanol–water partition coefficient (Wildman–Crippen LogP) is 3.99. The number of rotatable bonds is 10. The van der Waals surface area contributed by atoms with Gasteiger partial charge in [-0.15, -0.1) is 0 Å².